The summed E-state index contributed by atoms with van der Waals surface area (Å²) in [5, 5.41) is 13.2. The van der Waals surface area contributed by atoms with Crippen LogP contribution in [0.3, 0.4) is 0 Å². The molecule has 1 aromatic carbocycles. The van der Waals surface area contributed by atoms with E-state index in [0.29, 0.717) is 17.7 Å². The summed E-state index contributed by atoms with van der Waals surface area (Å²) in [6.07, 6.45) is 1.72. The molecular formula is C14H15N3O4S. The largest absolute Gasteiger partial charge is 0.481 e. The van der Waals surface area contributed by atoms with E-state index in [-0.39, 0.29) is 11.6 Å². The molecule has 1 atom stereocenters. The Labute approximate surface area is 127 Å². The van der Waals surface area contributed by atoms with Gasteiger partial charge in [0.2, 0.25) is 0 Å². The standard InChI is InChI=1S/C14H15N3O4S/c1-16-13(6-7-15-16)22(20,21)17-9-11(14(18)19)8-10-4-2-3-5-12(10)17/h2-7,11H,8-9H2,1H3,(H,18,19). The van der Waals surface area contributed by atoms with Gasteiger partial charge in [-0.2, -0.15) is 13.5 Å². The van der Waals surface area contributed by atoms with Gasteiger partial charge in [-0.25, -0.2) is 0 Å². The summed E-state index contributed by atoms with van der Waals surface area (Å²) in [6.45, 7) is -0.0835. The van der Waals surface area contributed by atoms with Crippen molar-refractivity contribution in [3.63, 3.8) is 0 Å². The third kappa shape index (κ3) is 2.25. The fourth-order valence-electron chi connectivity index (χ4n) is 2.68. The molecule has 0 fully saturated rings. The van der Waals surface area contributed by atoms with Gasteiger partial charge in [0.05, 0.1) is 17.8 Å². The second-order valence-electron chi connectivity index (χ2n) is 5.20. The van der Waals surface area contributed by atoms with Crippen molar-refractivity contribution >= 4 is 21.7 Å². The molecular weight excluding hydrogens is 306 g/mol. The van der Waals surface area contributed by atoms with Gasteiger partial charge in [-0.1, -0.05) is 18.2 Å². The molecule has 0 amide bonds. The van der Waals surface area contributed by atoms with E-state index in [1.54, 1.807) is 24.3 Å². The van der Waals surface area contributed by atoms with Crippen LogP contribution >= 0.6 is 0 Å². The molecule has 0 saturated heterocycles. The zero-order valence-electron chi connectivity index (χ0n) is 11.9. The van der Waals surface area contributed by atoms with Crippen LogP contribution in [0.25, 0.3) is 0 Å². The number of fused-ring (bicyclic) bond motifs is 1. The first-order valence-corrected chi connectivity index (χ1v) is 8.16. The molecule has 1 aromatic heterocycles. The summed E-state index contributed by atoms with van der Waals surface area (Å²) in [7, 11) is -2.32. The molecule has 116 valence electrons. The van der Waals surface area contributed by atoms with Gasteiger partial charge in [-0.15, -0.1) is 0 Å². The molecule has 1 unspecified atom stereocenters. The van der Waals surface area contributed by atoms with Gasteiger partial charge in [0.1, 0.15) is 0 Å². The fourth-order valence-corrected chi connectivity index (χ4v) is 4.33. The zero-order chi connectivity index (χ0) is 15.9. The highest BCUT2D eigenvalue weighted by Crippen LogP contribution is 2.33. The molecule has 0 spiro atoms. The molecule has 0 bridgehead atoms. The maximum atomic E-state index is 12.9. The number of nitrogens with zero attached hydrogens (tertiary/aromatic N) is 3. The predicted molar refractivity (Wildman–Crippen MR) is 79.0 cm³/mol. The number of para-hydroxylation sites is 1. The second-order valence-corrected chi connectivity index (χ2v) is 7.01. The molecule has 1 N–H and O–H groups in total. The Kier molecular flexibility index (Phi) is 3.40. The van der Waals surface area contributed by atoms with Crippen molar-refractivity contribution in [2.45, 2.75) is 11.4 Å². The first-order valence-electron chi connectivity index (χ1n) is 6.72. The number of aromatic nitrogens is 2. The molecule has 0 aliphatic carbocycles. The normalized spacial score (nSPS) is 18.0. The predicted octanol–water partition coefficient (Wildman–Crippen LogP) is 0.872. The van der Waals surface area contributed by atoms with Crippen LogP contribution in [-0.4, -0.2) is 35.8 Å². The highest BCUT2D eigenvalue weighted by molar-refractivity contribution is 7.92. The van der Waals surface area contributed by atoms with Gasteiger partial charge in [-0.3, -0.25) is 13.8 Å². The third-order valence-corrected chi connectivity index (χ3v) is 5.65. The molecule has 8 heteroatoms. The number of rotatable bonds is 3. The van der Waals surface area contributed by atoms with Crippen LogP contribution in [0, 0.1) is 5.92 Å². The van der Waals surface area contributed by atoms with Crippen molar-refractivity contribution in [3.05, 3.63) is 42.1 Å². The zero-order valence-corrected chi connectivity index (χ0v) is 12.7. The van der Waals surface area contributed by atoms with Crippen molar-refractivity contribution in [2.24, 2.45) is 13.0 Å². The van der Waals surface area contributed by atoms with Crippen molar-refractivity contribution in [2.75, 3.05) is 10.8 Å². The molecule has 7 nitrogen and oxygen atoms in total. The lowest BCUT2D eigenvalue weighted by atomic mass is 9.94. The van der Waals surface area contributed by atoms with E-state index in [2.05, 4.69) is 5.10 Å². The number of hydrogen-bond donors (Lipinski definition) is 1. The number of sulfonamides is 1. The number of carboxylic acids is 1. The van der Waals surface area contributed by atoms with Crippen molar-refractivity contribution < 1.29 is 18.3 Å². The smallest absolute Gasteiger partial charge is 0.308 e. The lowest BCUT2D eigenvalue weighted by Crippen LogP contribution is -2.43. The average Bonchev–Trinajstić information content (AvgIpc) is 2.93. The van der Waals surface area contributed by atoms with E-state index in [1.165, 1.54) is 28.3 Å². The van der Waals surface area contributed by atoms with Gasteiger partial charge in [0, 0.05) is 13.6 Å². The molecule has 1 aliphatic heterocycles. The molecule has 2 aromatic rings. The first-order chi connectivity index (χ1) is 10.4. The average molecular weight is 321 g/mol. The summed E-state index contributed by atoms with van der Waals surface area (Å²) in [5.41, 5.74) is 1.24. The van der Waals surface area contributed by atoms with Crippen molar-refractivity contribution in [1.29, 1.82) is 0 Å². The van der Waals surface area contributed by atoms with Gasteiger partial charge < -0.3 is 5.11 Å². The lowest BCUT2D eigenvalue weighted by Gasteiger charge is -2.33. The summed E-state index contributed by atoms with van der Waals surface area (Å²) >= 11 is 0. The van der Waals surface area contributed by atoms with Crippen LogP contribution in [0.4, 0.5) is 5.69 Å². The lowest BCUT2D eigenvalue weighted by molar-refractivity contribution is -0.141. The van der Waals surface area contributed by atoms with Crippen molar-refractivity contribution in [1.82, 2.24) is 9.78 Å². The Bertz CT molecular complexity index is 828. The summed E-state index contributed by atoms with van der Waals surface area (Å²) in [6, 6.07) is 8.38. The number of carboxylic acid groups (broad SMARTS) is 1. The number of carbonyl (C=O) groups is 1. The van der Waals surface area contributed by atoms with Gasteiger partial charge in [0.15, 0.2) is 5.03 Å². The quantitative estimate of drug-likeness (QED) is 0.905. The van der Waals surface area contributed by atoms with E-state index >= 15 is 0 Å². The molecule has 2 heterocycles. The summed E-state index contributed by atoms with van der Waals surface area (Å²) < 4.78 is 28.2. The minimum absolute atomic E-state index is 0.0355. The summed E-state index contributed by atoms with van der Waals surface area (Å²) in [4.78, 5) is 11.4. The van der Waals surface area contributed by atoms with Crippen molar-refractivity contribution in [3.8, 4) is 0 Å². The molecule has 0 saturated carbocycles. The van der Waals surface area contributed by atoms with Crippen LogP contribution < -0.4 is 4.31 Å². The molecule has 0 radical (unpaired) electrons. The van der Waals surface area contributed by atoms with Crippen LogP contribution in [0.1, 0.15) is 5.56 Å². The molecule has 22 heavy (non-hydrogen) atoms. The number of anilines is 1. The molecule has 1 aliphatic rings. The topological polar surface area (TPSA) is 92.5 Å². The Balaban J connectivity index is 2.13. The number of benzene rings is 1. The monoisotopic (exact) mass is 321 g/mol. The number of hydrogen-bond acceptors (Lipinski definition) is 4. The minimum Gasteiger partial charge on any atom is -0.481 e. The van der Waals surface area contributed by atoms with Crippen LogP contribution in [0.5, 0.6) is 0 Å². The van der Waals surface area contributed by atoms with E-state index in [4.69, 9.17) is 0 Å². The van der Waals surface area contributed by atoms with Gasteiger partial charge >= 0.3 is 5.97 Å². The van der Waals surface area contributed by atoms with Crippen LogP contribution in [-0.2, 0) is 28.3 Å². The maximum absolute atomic E-state index is 12.9. The molecule has 3 rings (SSSR count). The number of aryl methyl sites for hydroxylation is 1. The Hall–Kier alpha value is -2.35. The first kappa shape index (κ1) is 14.6. The second kappa shape index (κ2) is 5.13. The highest BCUT2D eigenvalue weighted by atomic mass is 32.2. The van der Waals surface area contributed by atoms with E-state index in [0.717, 1.165) is 0 Å². The maximum Gasteiger partial charge on any atom is 0.308 e. The van der Waals surface area contributed by atoms with Gasteiger partial charge in [0.25, 0.3) is 10.0 Å². The van der Waals surface area contributed by atoms with E-state index in [9.17, 15) is 18.3 Å². The third-order valence-electron chi connectivity index (χ3n) is 3.79. The number of aliphatic carboxylic acids is 1. The summed E-state index contributed by atoms with van der Waals surface area (Å²) in [5.74, 6) is -1.77. The van der Waals surface area contributed by atoms with Crippen LogP contribution in [0.2, 0.25) is 0 Å². The SMILES string of the molecule is Cn1nccc1S(=O)(=O)N1CC(C(=O)O)Cc2ccccc21. The van der Waals surface area contributed by atoms with Crippen LogP contribution in [0.15, 0.2) is 41.6 Å². The van der Waals surface area contributed by atoms with E-state index < -0.39 is 21.9 Å². The Morgan fingerprint density at radius 2 is 2.05 bits per heavy atom. The minimum atomic E-state index is -3.86. The fraction of sp³-hybridized carbons (Fsp3) is 0.286. The van der Waals surface area contributed by atoms with Gasteiger partial charge in [-0.05, 0) is 24.1 Å². The Morgan fingerprint density at radius 1 is 1.32 bits per heavy atom. The van der Waals surface area contributed by atoms with E-state index in [1.807, 2.05) is 0 Å². The highest BCUT2D eigenvalue weighted by Gasteiger charge is 2.37. The Morgan fingerprint density at radius 3 is 2.68 bits per heavy atom.